The average Bonchev–Trinajstić information content (AvgIpc) is 2.46. The zero-order valence-corrected chi connectivity index (χ0v) is 12.1. The van der Waals surface area contributed by atoms with Crippen LogP contribution in [-0.4, -0.2) is 25.0 Å². The van der Waals surface area contributed by atoms with Gasteiger partial charge in [0.1, 0.15) is 17.2 Å². The molecule has 0 N–H and O–H groups in total. The third-order valence-electron chi connectivity index (χ3n) is 3.04. The monoisotopic (exact) mass is 271 g/mol. The number of methoxy groups -OCH3 is 2. The number of pyridine rings is 1. The van der Waals surface area contributed by atoms with E-state index in [0.717, 1.165) is 11.1 Å². The number of aromatic nitrogens is 1. The van der Waals surface area contributed by atoms with Gasteiger partial charge in [-0.2, -0.15) is 0 Å². The Kier molecular flexibility index (Phi) is 4.03. The highest BCUT2D eigenvalue weighted by atomic mass is 16.5. The van der Waals surface area contributed by atoms with Crippen molar-refractivity contribution >= 4 is 5.78 Å². The molecule has 4 heteroatoms. The fourth-order valence-electron chi connectivity index (χ4n) is 2.03. The number of rotatable bonds is 4. The van der Waals surface area contributed by atoms with E-state index in [0.29, 0.717) is 22.8 Å². The molecular weight excluding hydrogens is 254 g/mol. The summed E-state index contributed by atoms with van der Waals surface area (Å²) in [5.41, 5.74) is 2.84. The highest BCUT2D eigenvalue weighted by Crippen LogP contribution is 2.24. The molecule has 0 radical (unpaired) electrons. The molecule has 4 nitrogen and oxygen atoms in total. The number of carbonyl (C=O) groups excluding carboxylic acids is 1. The average molecular weight is 271 g/mol. The molecule has 2 rings (SSSR count). The minimum absolute atomic E-state index is 0.139. The number of benzene rings is 1. The Balaban J connectivity index is 2.47. The predicted molar refractivity (Wildman–Crippen MR) is 76.7 cm³/mol. The van der Waals surface area contributed by atoms with Gasteiger partial charge in [-0.3, -0.25) is 9.78 Å². The highest BCUT2D eigenvalue weighted by molar-refractivity contribution is 6.09. The Hall–Kier alpha value is -2.36. The van der Waals surface area contributed by atoms with E-state index in [2.05, 4.69) is 4.98 Å². The lowest BCUT2D eigenvalue weighted by Gasteiger charge is -2.09. The van der Waals surface area contributed by atoms with Crippen LogP contribution in [0.2, 0.25) is 0 Å². The molecule has 104 valence electrons. The molecule has 20 heavy (non-hydrogen) atoms. The van der Waals surface area contributed by atoms with Crippen molar-refractivity contribution in [2.75, 3.05) is 14.2 Å². The highest BCUT2D eigenvalue weighted by Gasteiger charge is 2.15. The zero-order chi connectivity index (χ0) is 14.7. The van der Waals surface area contributed by atoms with Crippen molar-refractivity contribution in [3.05, 3.63) is 52.8 Å². The van der Waals surface area contributed by atoms with Crippen LogP contribution in [0, 0.1) is 13.8 Å². The maximum atomic E-state index is 12.5. The van der Waals surface area contributed by atoms with Crippen LogP contribution >= 0.6 is 0 Å². The second kappa shape index (κ2) is 5.74. The standard InChI is InChI=1S/C16H17NO3/c1-10-5-11(2)15(17-9-10)16(18)12-6-13(19-3)8-14(7-12)20-4/h5-9H,1-4H3. The Morgan fingerprint density at radius 3 is 2.10 bits per heavy atom. The van der Waals surface area contributed by atoms with Gasteiger partial charge in [-0.1, -0.05) is 6.07 Å². The number of ketones is 1. The summed E-state index contributed by atoms with van der Waals surface area (Å²) in [6.45, 7) is 3.83. The maximum absolute atomic E-state index is 12.5. The van der Waals surface area contributed by atoms with Crippen LogP contribution in [0.3, 0.4) is 0 Å². The van der Waals surface area contributed by atoms with Crippen molar-refractivity contribution in [2.24, 2.45) is 0 Å². The molecule has 0 saturated heterocycles. The van der Waals surface area contributed by atoms with Crippen LogP contribution in [0.4, 0.5) is 0 Å². The summed E-state index contributed by atoms with van der Waals surface area (Å²) < 4.78 is 10.4. The lowest BCUT2D eigenvalue weighted by molar-refractivity contribution is 0.103. The van der Waals surface area contributed by atoms with E-state index in [1.54, 1.807) is 38.6 Å². The van der Waals surface area contributed by atoms with E-state index < -0.39 is 0 Å². The fraction of sp³-hybridized carbons (Fsp3) is 0.250. The van der Waals surface area contributed by atoms with Crippen molar-refractivity contribution in [2.45, 2.75) is 13.8 Å². The van der Waals surface area contributed by atoms with Gasteiger partial charge >= 0.3 is 0 Å². The van der Waals surface area contributed by atoms with Crippen LogP contribution in [0.25, 0.3) is 0 Å². The quantitative estimate of drug-likeness (QED) is 0.802. The van der Waals surface area contributed by atoms with Crippen LogP contribution in [0.1, 0.15) is 27.2 Å². The second-order valence-corrected chi connectivity index (χ2v) is 4.61. The van der Waals surface area contributed by atoms with Gasteiger partial charge < -0.3 is 9.47 Å². The van der Waals surface area contributed by atoms with Crippen molar-refractivity contribution in [1.29, 1.82) is 0 Å². The molecule has 0 aliphatic rings. The van der Waals surface area contributed by atoms with E-state index >= 15 is 0 Å². The van der Waals surface area contributed by atoms with Crippen molar-refractivity contribution in [3.8, 4) is 11.5 Å². The van der Waals surface area contributed by atoms with Crippen LogP contribution < -0.4 is 9.47 Å². The Morgan fingerprint density at radius 1 is 1.00 bits per heavy atom. The van der Waals surface area contributed by atoms with Gasteiger partial charge in [-0.25, -0.2) is 0 Å². The number of carbonyl (C=O) groups is 1. The van der Waals surface area contributed by atoms with Gasteiger partial charge in [0.25, 0.3) is 0 Å². The molecule has 1 aromatic carbocycles. The Bertz CT molecular complexity index is 628. The molecule has 0 saturated carbocycles. The predicted octanol–water partition coefficient (Wildman–Crippen LogP) is 2.95. The lowest BCUT2D eigenvalue weighted by Crippen LogP contribution is -2.07. The molecule has 0 unspecified atom stereocenters. The summed E-state index contributed by atoms with van der Waals surface area (Å²) in [7, 11) is 3.11. The van der Waals surface area contributed by atoms with Gasteiger partial charge in [0.2, 0.25) is 5.78 Å². The normalized spacial score (nSPS) is 10.2. The van der Waals surface area contributed by atoms with E-state index in [4.69, 9.17) is 9.47 Å². The van der Waals surface area contributed by atoms with Gasteiger partial charge in [-0.15, -0.1) is 0 Å². The minimum Gasteiger partial charge on any atom is -0.497 e. The number of nitrogens with zero attached hydrogens (tertiary/aromatic N) is 1. The Morgan fingerprint density at radius 2 is 1.60 bits per heavy atom. The third kappa shape index (κ3) is 2.79. The first kappa shape index (κ1) is 14.1. The summed E-state index contributed by atoms with van der Waals surface area (Å²) in [6, 6.07) is 7.04. The van der Waals surface area contributed by atoms with Crippen LogP contribution in [0.5, 0.6) is 11.5 Å². The van der Waals surface area contributed by atoms with Gasteiger partial charge in [0.15, 0.2) is 0 Å². The van der Waals surface area contributed by atoms with Gasteiger partial charge in [-0.05, 0) is 37.1 Å². The molecule has 2 aromatic rings. The lowest BCUT2D eigenvalue weighted by atomic mass is 10.0. The topological polar surface area (TPSA) is 48.4 Å². The van der Waals surface area contributed by atoms with Crippen molar-refractivity contribution in [3.63, 3.8) is 0 Å². The molecule has 0 spiro atoms. The smallest absolute Gasteiger partial charge is 0.211 e. The van der Waals surface area contributed by atoms with Crippen LogP contribution in [0.15, 0.2) is 30.5 Å². The number of hydrogen-bond donors (Lipinski definition) is 0. The summed E-state index contributed by atoms with van der Waals surface area (Å²) in [6.07, 6.45) is 1.69. The molecule has 0 amide bonds. The first-order valence-electron chi connectivity index (χ1n) is 6.26. The van der Waals surface area contributed by atoms with E-state index in [1.165, 1.54) is 0 Å². The van der Waals surface area contributed by atoms with E-state index in [1.807, 2.05) is 19.9 Å². The molecule has 1 heterocycles. The van der Waals surface area contributed by atoms with E-state index in [9.17, 15) is 4.79 Å². The molecule has 0 aliphatic heterocycles. The SMILES string of the molecule is COc1cc(OC)cc(C(=O)c2ncc(C)cc2C)c1. The van der Waals surface area contributed by atoms with E-state index in [-0.39, 0.29) is 5.78 Å². The van der Waals surface area contributed by atoms with Gasteiger partial charge in [0.05, 0.1) is 14.2 Å². The Labute approximate surface area is 118 Å². The molecular formula is C16H17NO3. The molecule has 0 fully saturated rings. The molecule has 1 aromatic heterocycles. The third-order valence-corrected chi connectivity index (χ3v) is 3.04. The second-order valence-electron chi connectivity index (χ2n) is 4.61. The fourth-order valence-corrected chi connectivity index (χ4v) is 2.03. The van der Waals surface area contributed by atoms with Crippen molar-refractivity contribution in [1.82, 2.24) is 4.98 Å². The van der Waals surface area contributed by atoms with Gasteiger partial charge in [0, 0.05) is 17.8 Å². The minimum atomic E-state index is -0.139. The molecule has 0 aliphatic carbocycles. The molecule has 0 atom stereocenters. The summed E-state index contributed by atoms with van der Waals surface area (Å²) in [5, 5.41) is 0. The zero-order valence-electron chi connectivity index (χ0n) is 12.1. The number of hydrogen-bond acceptors (Lipinski definition) is 4. The van der Waals surface area contributed by atoms with Crippen LogP contribution in [-0.2, 0) is 0 Å². The maximum Gasteiger partial charge on any atom is 0.211 e. The number of aryl methyl sites for hydroxylation is 2. The van der Waals surface area contributed by atoms with Crippen molar-refractivity contribution < 1.29 is 14.3 Å². The summed E-state index contributed by atoms with van der Waals surface area (Å²) in [4.78, 5) is 16.8. The largest absolute Gasteiger partial charge is 0.497 e. The number of ether oxygens (including phenoxy) is 2. The summed E-state index contributed by atoms with van der Waals surface area (Å²) in [5.74, 6) is 1.02. The summed E-state index contributed by atoms with van der Waals surface area (Å²) >= 11 is 0. The first-order valence-corrected chi connectivity index (χ1v) is 6.26. The first-order chi connectivity index (χ1) is 9.55. The molecule has 0 bridgehead atoms.